The molecule has 4 heteroatoms. The van der Waals surface area contributed by atoms with Crippen LogP contribution in [0.15, 0.2) is 22.9 Å². The maximum absolute atomic E-state index is 9.05. The summed E-state index contributed by atoms with van der Waals surface area (Å²) in [6.45, 7) is 7.66. The van der Waals surface area contributed by atoms with Crippen molar-refractivity contribution >= 4 is 0 Å². The van der Waals surface area contributed by atoms with Crippen LogP contribution in [0, 0.1) is 28.1 Å². The summed E-state index contributed by atoms with van der Waals surface area (Å²) < 4.78 is 5.37. The van der Waals surface area contributed by atoms with Crippen LogP contribution in [0.3, 0.4) is 0 Å². The quantitative estimate of drug-likeness (QED) is 0.677. The zero-order valence-electron chi connectivity index (χ0n) is 11.6. The molecule has 0 bridgehead atoms. The van der Waals surface area contributed by atoms with Gasteiger partial charge in [0.15, 0.2) is 0 Å². The van der Waals surface area contributed by atoms with Crippen molar-refractivity contribution in [1.82, 2.24) is 4.90 Å². The van der Waals surface area contributed by atoms with Crippen molar-refractivity contribution in [2.75, 3.05) is 26.3 Å². The van der Waals surface area contributed by atoms with Gasteiger partial charge in [0.25, 0.3) is 0 Å². The predicted octanol–water partition coefficient (Wildman–Crippen LogP) is 2.37. The largest absolute Gasteiger partial charge is 0.378 e. The Kier molecular flexibility index (Phi) is 3.93. The van der Waals surface area contributed by atoms with E-state index in [1.54, 1.807) is 0 Å². The lowest BCUT2D eigenvalue weighted by atomic mass is 9.76. The summed E-state index contributed by atoms with van der Waals surface area (Å²) in [7, 11) is 0. The molecule has 0 N–H and O–H groups in total. The minimum absolute atomic E-state index is 0.0939. The predicted molar refractivity (Wildman–Crippen MR) is 71.7 cm³/mol. The molecule has 0 spiro atoms. The van der Waals surface area contributed by atoms with Crippen LogP contribution in [0.1, 0.15) is 26.7 Å². The van der Waals surface area contributed by atoms with Crippen molar-refractivity contribution < 1.29 is 4.74 Å². The summed E-state index contributed by atoms with van der Waals surface area (Å²) in [6.07, 6.45) is 3.82. The zero-order chi connectivity index (χ0) is 13.9. The molecule has 0 amide bonds. The van der Waals surface area contributed by atoms with Gasteiger partial charge in [-0.25, -0.2) is 0 Å². The third-order valence-corrected chi connectivity index (χ3v) is 3.63. The molecule has 0 aromatic carbocycles. The molecule has 1 aliphatic heterocycles. The summed E-state index contributed by atoms with van der Waals surface area (Å²) in [6, 6.07) is 4.03. The smallest absolute Gasteiger partial charge is 0.132 e. The number of hydrogen-bond acceptors (Lipinski definition) is 4. The number of hydrogen-bond donors (Lipinski definition) is 0. The molecule has 0 atom stereocenters. The zero-order valence-corrected chi connectivity index (χ0v) is 11.6. The van der Waals surface area contributed by atoms with E-state index in [4.69, 9.17) is 15.3 Å². The van der Waals surface area contributed by atoms with Crippen molar-refractivity contribution in [1.29, 1.82) is 10.5 Å². The molecular weight excluding hydrogens is 238 g/mol. The highest BCUT2D eigenvalue weighted by Gasteiger charge is 2.30. The maximum Gasteiger partial charge on any atom is 0.132 e. The molecule has 1 saturated heterocycles. The fraction of sp³-hybridized carbons (Fsp3) is 0.600. The second kappa shape index (κ2) is 5.47. The average molecular weight is 257 g/mol. The molecule has 1 aliphatic carbocycles. The molecule has 0 saturated carbocycles. The lowest BCUT2D eigenvalue weighted by Crippen LogP contribution is -2.38. The SMILES string of the molecule is CC1(C)CC(N2CCOCC2)=CC(=C(C#N)C#N)C1. The van der Waals surface area contributed by atoms with Crippen LogP contribution in [0.2, 0.25) is 0 Å². The van der Waals surface area contributed by atoms with Crippen LogP contribution in [0.25, 0.3) is 0 Å². The van der Waals surface area contributed by atoms with Gasteiger partial charge in [0.2, 0.25) is 0 Å². The van der Waals surface area contributed by atoms with Gasteiger partial charge < -0.3 is 9.64 Å². The van der Waals surface area contributed by atoms with E-state index in [-0.39, 0.29) is 11.0 Å². The Hall–Kier alpha value is -1.78. The molecule has 100 valence electrons. The van der Waals surface area contributed by atoms with Gasteiger partial charge >= 0.3 is 0 Å². The molecule has 0 radical (unpaired) electrons. The minimum atomic E-state index is 0.0939. The molecule has 1 heterocycles. The van der Waals surface area contributed by atoms with Crippen LogP contribution < -0.4 is 0 Å². The van der Waals surface area contributed by atoms with E-state index in [2.05, 4.69) is 18.7 Å². The van der Waals surface area contributed by atoms with E-state index in [1.807, 2.05) is 18.2 Å². The fourth-order valence-electron chi connectivity index (χ4n) is 2.75. The van der Waals surface area contributed by atoms with Crippen LogP contribution in [0.4, 0.5) is 0 Å². The van der Waals surface area contributed by atoms with Gasteiger partial charge in [-0.15, -0.1) is 0 Å². The van der Waals surface area contributed by atoms with Crippen LogP contribution >= 0.6 is 0 Å². The number of allylic oxidation sites excluding steroid dienone is 4. The maximum atomic E-state index is 9.05. The van der Waals surface area contributed by atoms with Gasteiger partial charge in [0.05, 0.1) is 13.2 Å². The molecule has 0 aromatic heterocycles. The van der Waals surface area contributed by atoms with E-state index in [1.165, 1.54) is 5.70 Å². The van der Waals surface area contributed by atoms with E-state index in [0.29, 0.717) is 0 Å². The Morgan fingerprint density at radius 1 is 1.21 bits per heavy atom. The lowest BCUT2D eigenvalue weighted by molar-refractivity contribution is 0.0485. The molecular formula is C15H19N3O. The second-order valence-corrected chi connectivity index (χ2v) is 5.88. The highest BCUT2D eigenvalue weighted by Crippen LogP contribution is 2.40. The summed E-state index contributed by atoms with van der Waals surface area (Å²) >= 11 is 0. The molecule has 4 nitrogen and oxygen atoms in total. The average Bonchev–Trinajstić information content (AvgIpc) is 2.39. The Balaban J connectivity index is 2.34. The standard InChI is InChI=1S/C15H19N3O/c1-15(2)8-12(13(10-16)11-17)7-14(9-15)18-3-5-19-6-4-18/h7H,3-6,8-9H2,1-2H3. The van der Waals surface area contributed by atoms with Crippen molar-refractivity contribution in [3.63, 3.8) is 0 Å². The summed E-state index contributed by atoms with van der Waals surface area (Å²) in [4.78, 5) is 2.32. The number of morpholine rings is 1. The van der Waals surface area contributed by atoms with Crippen molar-refractivity contribution in [2.24, 2.45) is 5.41 Å². The number of ether oxygens (including phenoxy) is 1. The van der Waals surface area contributed by atoms with Crippen LogP contribution in [-0.2, 0) is 4.74 Å². The number of nitriles is 2. The van der Waals surface area contributed by atoms with Gasteiger partial charge in [-0.3, -0.25) is 0 Å². The Labute approximate surface area is 114 Å². The highest BCUT2D eigenvalue weighted by atomic mass is 16.5. The van der Waals surface area contributed by atoms with Crippen LogP contribution in [-0.4, -0.2) is 31.2 Å². The van der Waals surface area contributed by atoms with Crippen LogP contribution in [0.5, 0.6) is 0 Å². The summed E-state index contributed by atoms with van der Waals surface area (Å²) in [5.74, 6) is 0. The van der Waals surface area contributed by atoms with Crippen molar-refractivity contribution in [3.05, 3.63) is 22.9 Å². The first kappa shape index (κ1) is 13.6. The molecule has 1 fully saturated rings. The third-order valence-electron chi connectivity index (χ3n) is 3.63. The van der Waals surface area contributed by atoms with E-state index in [9.17, 15) is 0 Å². The first-order chi connectivity index (χ1) is 9.05. The molecule has 2 aliphatic rings. The highest BCUT2D eigenvalue weighted by molar-refractivity contribution is 5.47. The van der Waals surface area contributed by atoms with E-state index >= 15 is 0 Å². The molecule has 0 unspecified atom stereocenters. The Morgan fingerprint density at radius 3 is 2.42 bits per heavy atom. The van der Waals surface area contributed by atoms with E-state index in [0.717, 1.165) is 44.7 Å². The first-order valence-corrected chi connectivity index (χ1v) is 6.62. The first-order valence-electron chi connectivity index (χ1n) is 6.62. The minimum Gasteiger partial charge on any atom is -0.378 e. The fourth-order valence-corrected chi connectivity index (χ4v) is 2.75. The summed E-state index contributed by atoms with van der Waals surface area (Å²) in [5.41, 5.74) is 2.45. The van der Waals surface area contributed by atoms with Crippen molar-refractivity contribution in [2.45, 2.75) is 26.7 Å². The topological polar surface area (TPSA) is 60.0 Å². The molecule has 2 rings (SSSR count). The van der Waals surface area contributed by atoms with Gasteiger partial charge in [-0.1, -0.05) is 13.8 Å². The molecule has 0 aromatic rings. The number of rotatable bonds is 1. The second-order valence-electron chi connectivity index (χ2n) is 5.88. The Bertz CT molecular complexity index is 480. The van der Waals surface area contributed by atoms with Gasteiger partial charge in [-0.05, 0) is 29.9 Å². The normalized spacial score (nSPS) is 22.2. The number of nitrogens with zero attached hydrogens (tertiary/aromatic N) is 3. The van der Waals surface area contributed by atoms with Gasteiger partial charge in [0.1, 0.15) is 17.7 Å². The monoisotopic (exact) mass is 257 g/mol. The van der Waals surface area contributed by atoms with Gasteiger partial charge in [0, 0.05) is 18.8 Å². The Morgan fingerprint density at radius 2 is 1.84 bits per heavy atom. The summed E-state index contributed by atoms with van der Waals surface area (Å²) in [5, 5.41) is 18.1. The van der Waals surface area contributed by atoms with E-state index < -0.39 is 0 Å². The van der Waals surface area contributed by atoms with Gasteiger partial charge in [-0.2, -0.15) is 10.5 Å². The lowest BCUT2D eigenvalue weighted by Gasteiger charge is -2.38. The molecule has 19 heavy (non-hydrogen) atoms. The van der Waals surface area contributed by atoms with Crippen molar-refractivity contribution in [3.8, 4) is 12.1 Å². The third kappa shape index (κ3) is 3.16.